The zero-order valence-electron chi connectivity index (χ0n) is 8.16. The number of hydrogen-bond acceptors (Lipinski definition) is 3. The van der Waals surface area contributed by atoms with Gasteiger partial charge in [-0.15, -0.1) is 0 Å². The van der Waals surface area contributed by atoms with E-state index in [1.807, 2.05) is 0 Å². The van der Waals surface area contributed by atoms with E-state index in [4.69, 9.17) is 14.3 Å². The number of hydrogen-bond donors (Lipinski definition) is 1. The van der Waals surface area contributed by atoms with Crippen LogP contribution in [0.2, 0.25) is 0 Å². The van der Waals surface area contributed by atoms with E-state index < -0.39 is 5.97 Å². The van der Waals surface area contributed by atoms with Gasteiger partial charge in [-0.1, -0.05) is 0 Å². The van der Waals surface area contributed by atoms with Gasteiger partial charge in [0, 0.05) is 18.9 Å². The fourth-order valence-corrected chi connectivity index (χ4v) is 1.25. The van der Waals surface area contributed by atoms with Crippen molar-refractivity contribution in [3.63, 3.8) is 0 Å². The van der Waals surface area contributed by atoms with E-state index in [0.29, 0.717) is 6.42 Å². The molecule has 1 aromatic rings. The largest absolute Gasteiger partial charge is 0.493 e. The summed E-state index contributed by atoms with van der Waals surface area (Å²) in [5.41, 5.74) is 0. The first kappa shape index (κ1) is 10.6. The number of rotatable bonds is 6. The van der Waals surface area contributed by atoms with E-state index in [0.717, 1.165) is 24.4 Å². The summed E-state index contributed by atoms with van der Waals surface area (Å²) in [6.07, 6.45) is 3.98. The summed E-state index contributed by atoms with van der Waals surface area (Å²) in [6, 6.07) is 1.76. The lowest BCUT2D eigenvalue weighted by Gasteiger charge is -2.00. The molecule has 1 N–H and O–H groups in total. The zero-order chi connectivity index (χ0) is 10.4. The highest BCUT2D eigenvalue weighted by molar-refractivity contribution is 5.66. The van der Waals surface area contributed by atoms with Crippen molar-refractivity contribution in [2.45, 2.75) is 25.7 Å². The predicted molar refractivity (Wildman–Crippen MR) is 50.5 cm³/mol. The molecule has 1 rings (SSSR count). The van der Waals surface area contributed by atoms with Crippen molar-refractivity contribution in [2.24, 2.45) is 0 Å². The van der Waals surface area contributed by atoms with Crippen LogP contribution in [-0.2, 0) is 11.2 Å². The van der Waals surface area contributed by atoms with Gasteiger partial charge in [0.15, 0.2) is 5.75 Å². The Kier molecular flexibility index (Phi) is 4.04. The van der Waals surface area contributed by atoms with Crippen molar-refractivity contribution in [2.75, 3.05) is 7.11 Å². The molecule has 0 unspecified atom stereocenters. The third kappa shape index (κ3) is 3.12. The summed E-state index contributed by atoms with van der Waals surface area (Å²) in [4.78, 5) is 10.2. The summed E-state index contributed by atoms with van der Waals surface area (Å²) < 4.78 is 10.2. The van der Waals surface area contributed by atoms with Crippen LogP contribution < -0.4 is 4.74 Å². The van der Waals surface area contributed by atoms with Gasteiger partial charge in [-0.2, -0.15) is 0 Å². The van der Waals surface area contributed by atoms with E-state index in [1.165, 1.54) is 0 Å². The van der Waals surface area contributed by atoms with Gasteiger partial charge in [0.1, 0.15) is 5.76 Å². The van der Waals surface area contributed by atoms with Crippen LogP contribution in [0.1, 0.15) is 25.0 Å². The third-order valence-corrected chi connectivity index (χ3v) is 1.97. The molecule has 0 atom stereocenters. The van der Waals surface area contributed by atoms with Crippen LogP contribution in [0, 0.1) is 0 Å². The SMILES string of the molecule is COc1ccoc1CCCCC(=O)O. The molecule has 14 heavy (non-hydrogen) atoms. The van der Waals surface area contributed by atoms with E-state index in [-0.39, 0.29) is 6.42 Å². The van der Waals surface area contributed by atoms with Crippen molar-refractivity contribution in [1.82, 2.24) is 0 Å². The normalized spacial score (nSPS) is 10.1. The molecule has 78 valence electrons. The minimum absolute atomic E-state index is 0.211. The highest BCUT2D eigenvalue weighted by Gasteiger charge is 2.06. The van der Waals surface area contributed by atoms with Crippen LogP contribution >= 0.6 is 0 Å². The van der Waals surface area contributed by atoms with Crippen LogP contribution in [0.15, 0.2) is 16.7 Å². The molecule has 0 aromatic carbocycles. The maximum Gasteiger partial charge on any atom is 0.303 e. The number of methoxy groups -OCH3 is 1. The van der Waals surface area contributed by atoms with E-state index in [9.17, 15) is 4.79 Å². The fraction of sp³-hybridized carbons (Fsp3) is 0.500. The van der Waals surface area contributed by atoms with E-state index in [1.54, 1.807) is 19.4 Å². The van der Waals surface area contributed by atoms with Crippen LogP contribution in [0.25, 0.3) is 0 Å². The molecule has 0 aliphatic heterocycles. The Morgan fingerprint density at radius 1 is 1.57 bits per heavy atom. The van der Waals surface area contributed by atoms with E-state index >= 15 is 0 Å². The Morgan fingerprint density at radius 3 is 3.00 bits per heavy atom. The highest BCUT2D eigenvalue weighted by Crippen LogP contribution is 2.21. The molecule has 0 saturated heterocycles. The second kappa shape index (κ2) is 5.32. The Bertz CT molecular complexity index is 290. The van der Waals surface area contributed by atoms with Crippen molar-refractivity contribution in [1.29, 1.82) is 0 Å². The van der Waals surface area contributed by atoms with Gasteiger partial charge < -0.3 is 14.3 Å². The second-order valence-corrected chi connectivity index (χ2v) is 3.01. The molecule has 4 nitrogen and oxygen atoms in total. The number of furan rings is 1. The number of carboxylic acid groups (broad SMARTS) is 1. The van der Waals surface area contributed by atoms with Gasteiger partial charge in [0.2, 0.25) is 0 Å². The summed E-state index contributed by atoms with van der Waals surface area (Å²) in [5.74, 6) is 0.773. The number of carboxylic acids is 1. The maximum absolute atomic E-state index is 10.2. The van der Waals surface area contributed by atoms with E-state index in [2.05, 4.69) is 0 Å². The monoisotopic (exact) mass is 198 g/mol. The quantitative estimate of drug-likeness (QED) is 0.711. The number of aliphatic carboxylic acids is 1. The minimum Gasteiger partial charge on any atom is -0.493 e. The predicted octanol–water partition coefficient (Wildman–Crippen LogP) is 2.09. The molecule has 0 saturated carbocycles. The van der Waals surface area contributed by atoms with Crippen molar-refractivity contribution < 1.29 is 19.1 Å². The summed E-state index contributed by atoms with van der Waals surface area (Å²) in [6.45, 7) is 0. The number of aryl methyl sites for hydroxylation is 1. The molecular formula is C10H14O4. The number of ether oxygens (including phenoxy) is 1. The minimum atomic E-state index is -0.753. The zero-order valence-corrected chi connectivity index (χ0v) is 8.16. The molecule has 0 spiro atoms. The molecule has 1 heterocycles. The Morgan fingerprint density at radius 2 is 2.36 bits per heavy atom. The van der Waals surface area contributed by atoms with Crippen LogP contribution in [-0.4, -0.2) is 18.2 Å². The van der Waals surface area contributed by atoms with Crippen LogP contribution in [0.5, 0.6) is 5.75 Å². The van der Waals surface area contributed by atoms with Gasteiger partial charge in [-0.05, 0) is 12.8 Å². The lowest BCUT2D eigenvalue weighted by molar-refractivity contribution is -0.137. The third-order valence-electron chi connectivity index (χ3n) is 1.97. The first-order valence-electron chi connectivity index (χ1n) is 4.56. The first-order chi connectivity index (χ1) is 6.74. The average molecular weight is 198 g/mol. The lowest BCUT2D eigenvalue weighted by Crippen LogP contribution is -1.95. The van der Waals surface area contributed by atoms with Crippen LogP contribution in [0.4, 0.5) is 0 Å². The van der Waals surface area contributed by atoms with Crippen molar-refractivity contribution >= 4 is 5.97 Å². The number of unbranched alkanes of at least 4 members (excludes halogenated alkanes) is 1. The molecule has 0 radical (unpaired) electrons. The maximum atomic E-state index is 10.2. The number of carbonyl (C=O) groups is 1. The topological polar surface area (TPSA) is 59.7 Å². The highest BCUT2D eigenvalue weighted by atomic mass is 16.5. The van der Waals surface area contributed by atoms with Gasteiger partial charge >= 0.3 is 5.97 Å². The van der Waals surface area contributed by atoms with Gasteiger partial charge in [0.25, 0.3) is 0 Å². The molecular weight excluding hydrogens is 184 g/mol. The molecule has 0 amide bonds. The Hall–Kier alpha value is -1.45. The van der Waals surface area contributed by atoms with Gasteiger partial charge in [0.05, 0.1) is 13.4 Å². The van der Waals surface area contributed by atoms with Crippen molar-refractivity contribution in [3.05, 3.63) is 18.1 Å². The van der Waals surface area contributed by atoms with Gasteiger partial charge in [-0.3, -0.25) is 4.79 Å². The molecule has 0 aliphatic carbocycles. The standard InChI is InChI=1S/C10H14O4/c1-13-8-6-7-14-9(8)4-2-3-5-10(11)12/h6-7H,2-5H2,1H3,(H,11,12). The first-order valence-corrected chi connectivity index (χ1v) is 4.56. The Balaban J connectivity index is 2.27. The fourth-order valence-electron chi connectivity index (χ4n) is 1.25. The summed E-state index contributed by atoms with van der Waals surface area (Å²) in [7, 11) is 1.59. The Labute approximate surface area is 82.5 Å². The molecule has 1 aromatic heterocycles. The summed E-state index contributed by atoms with van der Waals surface area (Å²) >= 11 is 0. The molecule has 0 bridgehead atoms. The van der Waals surface area contributed by atoms with Crippen molar-refractivity contribution in [3.8, 4) is 5.75 Å². The second-order valence-electron chi connectivity index (χ2n) is 3.01. The van der Waals surface area contributed by atoms with Crippen LogP contribution in [0.3, 0.4) is 0 Å². The molecule has 0 aliphatic rings. The average Bonchev–Trinajstić information content (AvgIpc) is 2.59. The lowest BCUT2D eigenvalue weighted by atomic mass is 10.1. The van der Waals surface area contributed by atoms with Gasteiger partial charge in [-0.25, -0.2) is 0 Å². The molecule has 0 fully saturated rings. The summed E-state index contributed by atoms with van der Waals surface area (Å²) in [5, 5.41) is 8.42. The smallest absolute Gasteiger partial charge is 0.303 e. The molecule has 4 heteroatoms.